The van der Waals surface area contributed by atoms with E-state index in [0.29, 0.717) is 6.04 Å². The first-order valence-electron chi connectivity index (χ1n) is 5.50. The molecule has 0 aliphatic heterocycles. The van der Waals surface area contributed by atoms with Crippen molar-refractivity contribution in [2.24, 2.45) is 0 Å². The SMILES string of the molecule is CC(NCCc1ncon1)c1ccc(Br)cc1. The first-order valence-corrected chi connectivity index (χ1v) is 6.29. The molecule has 2 rings (SSSR count). The zero-order chi connectivity index (χ0) is 12.1. The molecule has 0 saturated carbocycles. The molecule has 1 atom stereocenters. The van der Waals surface area contributed by atoms with Crippen molar-refractivity contribution in [3.05, 3.63) is 46.5 Å². The van der Waals surface area contributed by atoms with E-state index in [1.807, 2.05) is 12.1 Å². The average molecular weight is 296 g/mol. The molecule has 0 aliphatic carbocycles. The number of aromatic nitrogens is 2. The Morgan fingerprint density at radius 1 is 1.35 bits per heavy atom. The van der Waals surface area contributed by atoms with Crippen LogP contribution in [0.1, 0.15) is 24.4 Å². The molecule has 5 heteroatoms. The molecule has 0 radical (unpaired) electrons. The van der Waals surface area contributed by atoms with Crippen LogP contribution in [0, 0.1) is 0 Å². The standard InChI is InChI=1S/C12H14BrN3O/c1-9(10-2-4-11(13)5-3-10)14-7-6-12-15-8-17-16-12/h2-5,8-9,14H,6-7H2,1H3. The molecule has 17 heavy (non-hydrogen) atoms. The van der Waals surface area contributed by atoms with Gasteiger partial charge < -0.3 is 9.84 Å². The van der Waals surface area contributed by atoms with Gasteiger partial charge in [-0.15, -0.1) is 0 Å². The first kappa shape index (κ1) is 12.3. The van der Waals surface area contributed by atoms with Crippen molar-refractivity contribution in [1.29, 1.82) is 0 Å². The van der Waals surface area contributed by atoms with Crippen molar-refractivity contribution >= 4 is 15.9 Å². The van der Waals surface area contributed by atoms with E-state index in [1.165, 1.54) is 12.0 Å². The van der Waals surface area contributed by atoms with Crippen LogP contribution in [-0.2, 0) is 6.42 Å². The molecule has 0 amide bonds. The maximum atomic E-state index is 4.68. The minimum absolute atomic E-state index is 0.315. The molecule has 0 fully saturated rings. The van der Waals surface area contributed by atoms with Crippen LogP contribution in [0.25, 0.3) is 0 Å². The smallest absolute Gasteiger partial charge is 0.213 e. The molecule has 1 unspecified atom stereocenters. The molecule has 0 bridgehead atoms. The summed E-state index contributed by atoms with van der Waals surface area (Å²) in [5.41, 5.74) is 1.27. The van der Waals surface area contributed by atoms with Crippen molar-refractivity contribution in [2.45, 2.75) is 19.4 Å². The molecule has 1 aromatic carbocycles. The van der Waals surface area contributed by atoms with Gasteiger partial charge in [0.25, 0.3) is 0 Å². The largest absolute Gasteiger partial charge is 0.343 e. The number of rotatable bonds is 5. The Morgan fingerprint density at radius 2 is 2.12 bits per heavy atom. The van der Waals surface area contributed by atoms with E-state index in [-0.39, 0.29) is 0 Å². The molecular weight excluding hydrogens is 282 g/mol. The molecule has 0 aliphatic rings. The van der Waals surface area contributed by atoms with Gasteiger partial charge in [0.1, 0.15) is 0 Å². The summed E-state index contributed by atoms with van der Waals surface area (Å²) in [6, 6.07) is 8.63. The third-order valence-corrected chi connectivity index (χ3v) is 3.10. The Morgan fingerprint density at radius 3 is 2.76 bits per heavy atom. The van der Waals surface area contributed by atoms with Gasteiger partial charge in [0.2, 0.25) is 6.39 Å². The fourth-order valence-electron chi connectivity index (χ4n) is 1.57. The summed E-state index contributed by atoms with van der Waals surface area (Å²) < 4.78 is 5.77. The highest BCUT2D eigenvalue weighted by atomic mass is 79.9. The lowest BCUT2D eigenvalue weighted by Gasteiger charge is -2.13. The molecule has 0 spiro atoms. The number of nitrogens with zero attached hydrogens (tertiary/aromatic N) is 2. The van der Waals surface area contributed by atoms with E-state index in [4.69, 9.17) is 0 Å². The van der Waals surface area contributed by atoms with Gasteiger partial charge in [-0.25, -0.2) is 0 Å². The third kappa shape index (κ3) is 3.64. The second-order valence-electron chi connectivity index (χ2n) is 3.82. The van der Waals surface area contributed by atoms with Gasteiger partial charge in [-0.2, -0.15) is 4.98 Å². The summed E-state index contributed by atoms with van der Waals surface area (Å²) in [5.74, 6) is 0.737. The highest BCUT2D eigenvalue weighted by Crippen LogP contribution is 2.16. The second kappa shape index (κ2) is 5.93. The lowest BCUT2D eigenvalue weighted by atomic mass is 10.1. The van der Waals surface area contributed by atoms with Gasteiger partial charge in [-0.05, 0) is 24.6 Å². The lowest BCUT2D eigenvalue weighted by molar-refractivity contribution is 0.408. The van der Waals surface area contributed by atoms with Crippen LogP contribution in [0.2, 0.25) is 0 Å². The van der Waals surface area contributed by atoms with Crippen LogP contribution in [0.3, 0.4) is 0 Å². The predicted molar refractivity (Wildman–Crippen MR) is 68.6 cm³/mol. The molecule has 4 nitrogen and oxygen atoms in total. The number of benzene rings is 1. The molecule has 1 heterocycles. The van der Waals surface area contributed by atoms with E-state index in [2.05, 4.69) is 55.0 Å². The quantitative estimate of drug-likeness (QED) is 0.921. The summed E-state index contributed by atoms with van der Waals surface area (Å²) in [6.07, 6.45) is 2.13. The van der Waals surface area contributed by atoms with Crippen molar-refractivity contribution in [3.8, 4) is 0 Å². The fourth-order valence-corrected chi connectivity index (χ4v) is 1.84. The Kier molecular flexibility index (Phi) is 4.28. The number of nitrogens with one attached hydrogen (secondary N) is 1. The van der Waals surface area contributed by atoms with Crippen LogP contribution < -0.4 is 5.32 Å². The maximum absolute atomic E-state index is 4.68. The van der Waals surface area contributed by atoms with Crippen molar-refractivity contribution < 1.29 is 4.52 Å². The number of hydrogen-bond donors (Lipinski definition) is 1. The zero-order valence-corrected chi connectivity index (χ0v) is 11.1. The lowest BCUT2D eigenvalue weighted by Crippen LogP contribution is -2.21. The van der Waals surface area contributed by atoms with E-state index >= 15 is 0 Å². The Hall–Kier alpha value is -1.20. The van der Waals surface area contributed by atoms with Crippen LogP contribution in [0.4, 0.5) is 0 Å². The highest BCUT2D eigenvalue weighted by Gasteiger charge is 2.05. The Balaban J connectivity index is 1.81. The van der Waals surface area contributed by atoms with E-state index in [1.54, 1.807) is 0 Å². The van der Waals surface area contributed by atoms with Crippen LogP contribution in [0.15, 0.2) is 39.7 Å². The Bertz CT molecular complexity index is 441. The minimum atomic E-state index is 0.315. The third-order valence-electron chi connectivity index (χ3n) is 2.58. The average Bonchev–Trinajstić information content (AvgIpc) is 2.83. The van der Waals surface area contributed by atoms with Gasteiger partial charge >= 0.3 is 0 Å². The van der Waals surface area contributed by atoms with Crippen molar-refractivity contribution in [3.63, 3.8) is 0 Å². The topological polar surface area (TPSA) is 51.0 Å². The summed E-state index contributed by atoms with van der Waals surface area (Å²) in [4.78, 5) is 3.97. The summed E-state index contributed by atoms with van der Waals surface area (Å²) in [5, 5.41) is 7.18. The Labute approximate surface area is 109 Å². The molecular formula is C12H14BrN3O. The summed E-state index contributed by atoms with van der Waals surface area (Å²) in [6.45, 7) is 2.97. The summed E-state index contributed by atoms with van der Waals surface area (Å²) >= 11 is 3.43. The molecule has 1 aromatic heterocycles. The van der Waals surface area contributed by atoms with Crippen molar-refractivity contribution in [2.75, 3.05) is 6.54 Å². The monoisotopic (exact) mass is 295 g/mol. The second-order valence-corrected chi connectivity index (χ2v) is 4.74. The van der Waals surface area contributed by atoms with Crippen LogP contribution >= 0.6 is 15.9 Å². The van der Waals surface area contributed by atoms with Gasteiger partial charge in [0.15, 0.2) is 5.82 Å². The van der Waals surface area contributed by atoms with E-state index in [9.17, 15) is 0 Å². The van der Waals surface area contributed by atoms with Crippen LogP contribution in [-0.4, -0.2) is 16.7 Å². The van der Waals surface area contributed by atoms with Gasteiger partial charge in [-0.1, -0.05) is 33.2 Å². The predicted octanol–water partition coefficient (Wildman–Crippen LogP) is 2.73. The fraction of sp³-hybridized carbons (Fsp3) is 0.333. The van der Waals surface area contributed by atoms with Gasteiger partial charge in [0.05, 0.1) is 0 Å². The molecule has 0 saturated heterocycles. The number of halogens is 1. The highest BCUT2D eigenvalue weighted by molar-refractivity contribution is 9.10. The molecule has 2 aromatic rings. The van der Waals surface area contributed by atoms with Gasteiger partial charge in [0, 0.05) is 23.5 Å². The molecule has 90 valence electrons. The van der Waals surface area contributed by atoms with Crippen molar-refractivity contribution in [1.82, 2.24) is 15.5 Å². The normalized spacial score (nSPS) is 12.6. The van der Waals surface area contributed by atoms with E-state index in [0.717, 1.165) is 23.3 Å². The summed E-state index contributed by atoms with van der Waals surface area (Å²) in [7, 11) is 0. The maximum Gasteiger partial charge on any atom is 0.213 e. The van der Waals surface area contributed by atoms with Crippen LogP contribution in [0.5, 0.6) is 0 Å². The number of hydrogen-bond acceptors (Lipinski definition) is 4. The van der Waals surface area contributed by atoms with Gasteiger partial charge in [-0.3, -0.25) is 0 Å². The first-order chi connectivity index (χ1) is 8.25. The molecule has 1 N–H and O–H groups in total. The minimum Gasteiger partial charge on any atom is -0.343 e. The zero-order valence-electron chi connectivity index (χ0n) is 9.56. The van der Waals surface area contributed by atoms with E-state index < -0.39 is 0 Å².